The van der Waals surface area contributed by atoms with Gasteiger partial charge in [-0.15, -0.1) is 0 Å². The van der Waals surface area contributed by atoms with Gasteiger partial charge in [0.1, 0.15) is 11.5 Å². The molecule has 5 rings (SSSR count). The van der Waals surface area contributed by atoms with Crippen LogP contribution in [-0.4, -0.2) is 19.8 Å². The van der Waals surface area contributed by atoms with Crippen molar-refractivity contribution >= 4 is 11.0 Å². The van der Waals surface area contributed by atoms with E-state index in [1.165, 1.54) is 10.6 Å². The molecule has 5 heteroatoms. The first-order chi connectivity index (χ1) is 14.6. The molecule has 1 heterocycles. The first-order valence-electron chi connectivity index (χ1n) is 9.54. The number of hydrogen-bond donors (Lipinski definition) is 3. The van der Waals surface area contributed by atoms with E-state index >= 15 is 0 Å². The van der Waals surface area contributed by atoms with Gasteiger partial charge in [-0.3, -0.25) is 4.57 Å². The SMILES string of the molecule is O=c1[nH]c2ccccc2n1-c1cc(-c2cccc(-c3ccccc3)c2)c(O)cc1O. The normalized spacial score (nSPS) is 11.1. The molecule has 0 atom stereocenters. The van der Waals surface area contributed by atoms with Crippen molar-refractivity contribution < 1.29 is 10.2 Å². The molecule has 1 aromatic heterocycles. The third kappa shape index (κ3) is 2.93. The van der Waals surface area contributed by atoms with E-state index in [-0.39, 0.29) is 17.2 Å². The largest absolute Gasteiger partial charge is 0.507 e. The van der Waals surface area contributed by atoms with Gasteiger partial charge in [0.15, 0.2) is 0 Å². The van der Waals surface area contributed by atoms with E-state index < -0.39 is 0 Å². The van der Waals surface area contributed by atoms with E-state index in [1.807, 2.05) is 66.7 Å². The number of nitrogens with zero attached hydrogens (tertiary/aromatic N) is 1. The van der Waals surface area contributed by atoms with Gasteiger partial charge in [-0.05, 0) is 41.0 Å². The minimum Gasteiger partial charge on any atom is -0.507 e. The highest BCUT2D eigenvalue weighted by atomic mass is 16.3. The molecule has 0 radical (unpaired) electrons. The summed E-state index contributed by atoms with van der Waals surface area (Å²) < 4.78 is 1.41. The molecule has 0 spiro atoms. The summed E-state index contributed by atoms with van der Waals surface area (Å²) in [5.41, 5.74) is 4.63. The number of aromatic nitrogens is 2. The summed E-state index contributed by atoms with van der Waals surface area (Å²) in [4.78, 5) is 15.4. The summed E-state index contributed by atoms with van der Waals surface area (Å²) in [7, 11) is 0. The van der Waals surface area contributed by atoms with Crippen molar-refractivity contribution in [2.75, 3.05) is 0 Å². The van der Waals surface area contributed by atoms with Crippen LogP contribution in [0.3, 0.4) is 0 Å². The Labute approximate surface area is 172 Å². The van der Waals surface area contributed by atoms with Crippen LogP contribution >= 0.6 is 0 Å². The number of hydrogen-bond acceptors (Lipinski definition) is 3. The van der Waals surface area contributed by atoms with Gasteiger partial charge in [-0.25, -0.2) is 4.79 Å². The van der Waals surface area contributed by atoms with Crippen molar-refractivity contribution in [2.45, 2.75) is 0 Å². The number of imidazole rings is 1. The highest BCUT2D eigenvalue weighted by molar-refractivity contribution is 5.82. The third-order valence-electron chi connectivity index (χ3n) is 5.20. The van der Waals surface area contributed by atoms with Crippen LogP contribution in [0.15, 0.2) is 95.8 Å². The second kappa shape index (κ2) is 6.97. The molecule has 146 valence electrons. The Morgan fingerprint density at radius 2 is 1.37 bits per heavy atom. The number of fused-ring (bicyclic) bond motifs is 1. The van der Waals surface area contributed by atoms with E-state index in [4.69, 9.17) is 0 Å². The van der Waals surface area contributed by atoms with Gasteiger partial charge in [-0.2, -0.15) is 0 Å². The first-order valence-corrected chi connectivity index (χ1v) is 9.54. The topological polar surface area (TPSA) is 78.2 Å². The fourth-order valence-electron chi connectivity index (χ4n) is 3.77. The zero-order valence-corrected chi connectivity index (χ0v) is 15.9. The molecule has 0 saturated heterocycles. The summed E-state index contributed by atoms with van der Waals surface area (Å²) in [5, 5.41) is 21.1. The number of para-hydroxylation sites is 2. The average Bonchev–Trinajstić information content (AvgIpc) is 3.10. The van der Waals surface area contributed by atoms with Gasteiger partial charge < -0.3 is 15.2 Å². The first kappa shape index (κ1) is 17.8. The van der Waals surface area contributed by atoms with Crippen LogP contribution in [0.2, 0.25) is 0 Å². The lowest BCUT2D eigenvalue weighted by atomic mass is 9.98. The maximum Gasteiger partial charge on any atom is 0.331 e. The average molecular weight is 394 g/mol. The minimum atomic E-state index is -0.360. The van der Waals surface area contributed by atoms with Crippen molar-refractivity contribution in [1.82, 2.24) is 9.55 Å². The molecular weight excluding hydrogens is 376 g/mol. The van der Waals surface area contributed by atoms with Crippen molar-refractivity contribution in [3.8, 4) is 39.4 Å². The molecule has 0 fully saturated rings. The maximum atomic E-state index is 12.6. The Bertz CT molecular complexity index is 1430. The zero-order chi connectivity index (χ0) is 20.7. The standard InChI is InChI=1S/C25H18N2O3/c28-23-15-24(29)22(27-21-12-5-4-11-20(21)26-25(27)30)14-19(23)18-10-6-9-17(13-18)16-7-2-1-3-8-16/h1-15,28-29H,(H,26,30). The molecular formula is C25H18N2O3. The molecule has 0 aliphatic heterocycles. The Balaban J connectivity index is 1.70. The molecule has 4 aromatic carbocycles. The number of phenolic OH excluding ortho intramolecular Hbond substituents is 2. The fraction of sp³-hybridized carbons (Fsp3) is 0. The number of nitrogens with one attached hydrogen (secondary N) is 1. The molecule has 0 amide bonds. The number of benzene rings is 4. The van der Waals surface area contributed by atoms with Gasteiger partial charge >= 0.3 is 5.69 Å². The van der Waals surface area contributed by atoms with Crippen molar-refractivity contribution in [2.24, 2.45) is 0 Å². The number of H-pyrrole nitrogens is 1. The highest BCUT2D eigenvalue weighted by Gasteiger charge is 2.16. The Kier molecular flexibility index (Phi) is 4.14. The summed E-state index contributed by atoms with van der Waals surface area (Å²) in [6.07, 6.45) is 0. The lowest BCUT2D eigenvalue weighted by Gasteiger charge is -2.12. The lowest BCUT2D eigenvalue weighted by Crippen LogP contribution is -2.14. The van der Waals surface area contributed by atoms with Crippen molar-refractivity contribution in [3.63, 3.8) is 0 Å². The van der Waals surface area contributed by atoms with E-state index in [0.717, 1.165) is 16.7 Å². The van der Waals surface area contributed by atoms with Gasteiger partial charge in [0.2, 0.25) is 0 Å². The van der Waals surface area contributed by atoms with Crippen LogP contribution in [-0.2, 0) is 0 Å². The molecule has 30 heavy (non-hydrogen) atoms. The Morgan fingerprint density at radius 3 is 2.20 bits per heavy atom. The molecule has 5 aromatic rings. The molecule has 0 aliphatic carbocycles. The number of phenols is 2. The number of aromatic amines is 1. The predicted molar refractivity (Wildman–Crippen MR) is 118 cm³/mol. The van der Waals surface area contributed by atoms with Crippen LogP contribution in [0.5, 0.6) is 11.5 Å². The van der Waals surface area contributed by atoms with E-state index in [9.17, 15) is 15.0 Å². The minimum absolute atomic E-state index is 0.0608. The second-order valence-corrected chi connectivity index (χ2v) is 7.09. The van der Waals surface area contributed by atoms with Gasteiger partial charge in [0, 0.05) is 11.6 Å². The third-order valence-corrected chi connectivity index (χ3v) is 5.20. The van der Waals surface area contributed by atoms with Gasteiger partial charge in [0.25, 0.3) is 0 Å². The molecule has 0 aliphatic rings. The summed E-state index contributed by atoms with van der Waals surface area (Å²) in [5.74, 6) is -0.239. The predicted octanol–water partition coefficient (Wildman–Crippen LogP) is 5.06. The molecule has 3 N–H and O–H groups in total. The van der Waals surface area contributed by atoms with Crippen LogP contribution in [0.25, 0.3) is 39.0 Å². The second-order valence-electron chi connectivity index (χ2n) is 7.09. The molecule has 0 unspecified atom stereocenters. The van der Waals surface area contributed by atoms with Crippen LogP contribution in [0.4, 0.5) is 0 Å². The van der Waals surface area contributed by atoms with Gasteiger partial charge in [-0.1, -0.05) is 60.7 Å². The fourth-order valence-corrected chi connectivity index (χ4v) is 3.77. The van der Waals surface area contributed by atoms with Crippen LogP contribution < -0.4 is 5.69 Å². The van der Waals surface area contributed by atoms with Crippen molar-refractivity contribution in [1.29, 1.82) is 0 Å². The highest BCUT2D eigenvalue weighted by Crippen LogP contribution is 2.38. The van der Waals surface area contributed by atoms with E-state index in [2.05, 4.69) is 4.98 Å². The van der Waals surface area contributed by atoms with Crippen molar-refractivity contribution in [3.05, 3.63) is 101 Å². The zero-order valence-electron chi connectivity index (χ0n) is 15.9. The molecule has 5 nitrogen and oxygen atoms in total. The van der Waals surface area contributed by atoms with E-state index in [1.54, 1.807) is 18.2 Å². The smallest absolute Gasteiger partial charge is 0.331 e. The monoisotopic (exact) mass is 394 g/mol. The van der Waals surface area contributed by atoms with E-state index in [0.29, 0.717) is 22.3 Å². The Morgan fingerprint density at radius 1 is 0.667 bits per heavy atom. The number of rotatable bonds is 3. The Hall–Kier alpha value is -4.25. The summed E-state index contributed by atoms with van der Waals surface area (Å²) in [6, 6.07) is 27.9. The number of aromatic hydroxyl groups is 2. The van der Waals surface area contributed by atoms with Gasteiger partial charge in [0.05, 0.1) is 16.7 Å². The summed E-state index contributed by atoms with van der Waals surface area (Å²) >= 11 is 0. The summed E-state index contributed by atoms with van der Waals surface area (Å²) in [6.45, 7) is 0. The quantitative estimate of drug-likeness (QED) is 0.400. The van der Waals surface area contributed by atoms with Crippen LogP contribution in [0.1, 0.15) is 0 Å². The lowest BCUT2D eigenvalue weighted by molar-refractivity contribution is 0.450. The molecule has 0 saturated carbocycles. The van der Waals surface area contributed by atoms with Crippen LogP contribution in [0, 0.1) is 0 Å². The molecule has 0 bridgehead atoms. The maximum absolute atomic E-state index is 12.6.